The number of nitrogens with zero attached hydrogens (tertiary/aromatic N) is 2. The van der Waals surface area contributed by atoms with Crippen molar-refractivity contribution in [1.82, 2.24) is 9.80 Å². The second-order valence-corrected chi connectivity index (χ2v) is 4.93. The maximum absolute atomic E-state index is 12.1. The van der Waals surface area contributed by atoms with Crippen molar-refractivity contribution in [3.8, 4) is 0 Å². The summed E-state index contributed by atoms with van der Waals surface area (Å²) in [6, 6.07) is -0.381. The highest BCUT2D eigenvalue weighted by Crippen LogP contribution is 2.07. The lowest BCUT2D eigenvalue weighted by Crippen LogP contribution is -2.45. The molecule has 5 heteroatoms. The summed E-state index contributed by atoms with van der Waals surface area (Å²) in [6.07, 6.45) is 3.63. The molecule has 0 aromatic heterocycles. The van der Waals surface area contributed by atoms with Crippen molar-refractivity contribution in [1.29, 1.82) is 0 Å². The van der Waals surface area contributed by atoms with E-state index in [1.54, 1.807) is 11.8 Å². The first-order chi connectivity index (χ1) is 8.56. The molecule has 18 heavy (non-hydrogen) atoms. The van der Waals surface area contributed by atoms with Crippen LogP contribution >= 0.6 is 0 Å². The maximum atomic E-state index is 12.1. The Balaban J connectivity index is 2.46. The van der Waals surface area contributed by atoms with E-state index in [0.717, 1.165) is 32.2 Å². The summed E-state index contributed by atoms with van der Waals surface area (Å²) in [5, 5.41) is 0. The van der Waals surface area contributed by atoms with Gasteiger partial charge in [0.25, 0.3) is 0 Å². The van der Waals surface area contributed by atoms with Crippen molar-refractivity contribution in [2.45, 2.75) is 45.6 Å². The van der Waals surface area contributed by atoms with Gasteiger partial charge in [0.2, 0.25) is 11.8 Å². The monoisotopic (exact) mass is 255 g/mol. The molecule has 0 aliphatic carbocycles. The highest BCUT2D eigenvalue weighted by atomic mass is 16.2. The minimum atomic E-state index is -0.381. The smallest absolute Gasteiger partial charge is 0.239 e. The third-order valence-electron chi connectivity index (χ3n) is 3.44. The van der Waals surface area contributed by atoms with Crippen LogP contribution in [-0.2, 0) is 9.59 Å². The van der Waals surface area contributed by atoms with E-state index in [-0.39, 0.29) is 17.9 Å². The van der Waals surface area contributed by atoms with Gasteiger partial charge in [0, 0.05) is 33.1 Å². The van der Waals surface area contributed by atoms with E-state index in [4.69, 9.17) is 5.73 Å². The zero-order valence-electron chi connectivity index (χ0n) is 11.5. The van der Waals surface area contributed by atoms with E-state index >= 15 is 0 Å². The molecule has 0 aromatic rings. The SMILES string of the molecule is CCCCC(N)C(=O)N1CCCN(C(C)=O)CC1. The fourth-order valence-corrected chi connectivity index (χ4v) is 2.23. The summed E-state index contributed by atoms with van der Waals surface area (Å²) < 4.78 is 0. The molecular formula is C13H25N3O2. The molecule has 2 amide bonds. The Morgan fingerprint density at radius 3 is 2.39 bits per heavy atom. The second kappa shape index (κ2) is 7.36. The lowest BCUT2D eigenvalue weighted by atomic mass is 10.1. The van der Waals surface area contributed by atoms with Crippen LogP contribution in [0.5, 0.6) is 0 Å². The first kappa shape index (κ1) is 15.0. The van der Waals surface area contributed by atoms with Crippen molar-refractivity contribution in [2.75, 3.05) is 26.2 Å². The Hall–Kier alpha value is -1.10. The number of nitrogens with two attached hydrogens (primary N) is 1. The van der Waals surface area contributed by atoms with Gasteiger partial charge in [0.1, 0.15) is 0 Å². The second-order valence-electron chi connectivity index (χ2n) is 4.93. The summed E-state index contributed by atoms with van der Waals surface area (Å²) in [6.45, 7) is 6.35. The zero-order chi connectivity index (χ0) is 13.5. The molecule has 1 saturated heterocycles. The largest absolute Gasteiger partial charge is 0.341 e. The average Bonchev–Trinajstić information content (AvgIpc) is 2.60. The first-order valence-corrected chi connectivity index (χ1v) is 6.86. The highest BCUT2D eigenvalue weighted by molar-refractivity contribution is 5.81. The Bertz CT molecular complexity index is 294. The lowest BCUT2D eigenvalue weighted by Gasteiger charge is -2.24. The Morgan fingerprint density at radius 1 is 1.17 bits per heavy atom. The van der Waals surface area contributed by atoms with Crippen molar-refractivity contribution >= 4 is 11.8 Å². The quantitative estimate of drug-likeness (QED) is 0.799. The van der Waals surface area contributed by atoms with Gasteiger partial charge in [-0.15, -0.1) is 0 Å². The summed E-state index contributed by atoms with van der Waals surface area (Å²) in [5.41, 5.74) is 5.91. The summed E-state index contributed by atoms with van der Waals surface area (Å²) in [4.78, 5) is 27.0. The number of unbranched alkanes of at least 4 members (excludes halogenated alkanes) is 1. The van der Waals surface area contributed by atoms with Gasteiger partial charge in [0.05, 0.1) is 6.04 Å². The van der Waals surface area contributed by atoms with E-state index in [2.05, 4.69) is 6.92 Å². The highest BCUT2D eigenvalue weighted by Gasteiger charge is 2.23. The molecule has 1 atom stereocenters. The van der Waals surface area contributed by atoms with Crippen LogP contribution in [0.3, 0.4) is 0 Å². The van der Waals surface area contributed by atoms with Crippen molar-refractivity contribution in [3.63, 3.8) is 0 Å². The predicted molar refractivity (Wildman–Crippen MR) is 71.0 cm³/mol. The summed E-state index contributed by atoms with van der Waals surface area (Å²) >= 11 is 0. The fraction of sp³-hybridized carbons (Fsp3) is 0.846. The van der Waals surface area contributed by atoms with Crippen LogP contribution in [0.25, 0.3) is 0 Å². The van der Waals surface area contributed by atoms with Gasteiger partial charge in [-0.3, -0.25) is 9.59 Å². The van der Waals surface area contributed by atoms with Gasteiger partial charge >= 0.3 is 0 Å². The zero-order valence-corrected chi connectivity index (χ0v) is 11.5. The van der Waals surface area contributed by atoms with Gasteiger partial charge < -0.3 is 15.5 Å². The molecule has 0 spiro atoms. The number of hydrogen-bond acceptors (Lipinski definition) is 3. The third-order valence-corrected chi connectivity index (χ3v) is 3.44. The van der Waals surface area contributed by atoms with Gasteiger partial charge in [-0.05, 0) is 12.8 Å². The lowest BCUT2D eigenvalue weighted by molar-refractivity contribution is -0.133. The van der Waals surface area contributed by atoms with E-state index in [9.17, 15) is 9.59 Å². The first-order valence-electron chi connectivity index (χ1n) is 6.86. The van der Waals surface area contributed by atoms with Gasteiger partial charge in [-0.25, -0.2) is 0 Å². The van der Waals surface area contributed by atoms with Crippen molar-refractivity contribution < 1.29 is 9.59 Å². The molecule has 2 N–H and O–H groups in total. The van der Waals surface area contributed by atoms with E-state index in [1.165, 1.54) is 0 Å². The van der Waals surface area contributed by atoms with Gasteiger partial charge in [-0.1, -0.05) is 19.8 Å². The third kappa shape index (κ3) is 4.29. The average molecular weight is 255 g/mol. The van der Waals surface area contributed by atoms with Crippen molar-refractivity contribution in [2.24, 2.45) is 5.73 Å². The van der Waals surface area contributed by atoms with Crippen LogP contribution in [0.2, 0.25) is 0 Å². The molecule has 5 nitrogen and oxygen atoms in total. The van der Waals surface area contributed by atoms with E-state index in [1.807, 2.05) is 4.90 Å². The number of carbonyl (C=O) groups is 2. The molecular weight excluding hydrogens is 230 g/mol. The number of carbonyl (C=O) groups excluding carboxylic acids is 2. The van der Waals surface area contributed by atoms with Crippen LogP contribution in [0.1, 0.15) is 39.5 Å². The van der Waals surface area contributed by atoms with E-state index in [0.29, 0.717) is 19.6 Å². The maximum Gasteiger partial charge on any atom is 0.239 e. The Labute approximate surface area is 109 Å². The topological polar surface area (TPSA) is 66.6 Å². The van der Waals surface area contributed by atoms with Gasteiger partial charge in [-0.2, -0.15) is 0 Å². The normalized spacial score (nSPS) is 18.4. The van der Waals surface area contributed by atoms with Crippen LogP contribution in [0.15, 0.2) is 0 Å². The molecule has 1 fully saturated rings. The van der Waals surface area contributed by atoms with Crippen LogP contribution in [0, 0.1) is 0 Å². The van der Waals surface area contributed by atoms with Crippen molar-refractivity contribution in [3.05, 3.63) is 0 Å². The summed E-state index contributed by atoms with van der Waals surface area (Å²) in [5.74, 6) is 0.119. The van der Waals surface area contributed by atoms with Crippen LogP contribution < -0.4 is 5.73 Å². The minimum absolute atomic E-state index is 0.0360. The van der Waals surface area contributed by atoms with E-state index < -0.39 is 0 Å². The molecule has 1 unspecified atom stereocenters. The molecule has 1 rings (SSSR count). The molecule has 0 saturated carbocycles. The Morgan fingerprint density at radius 2 is 1.78 bits per heavy atom. The number of hydrogen-bond donors (Lipinski definition) is 1. The van der Waals surface area contributed by atoms with Crippen LogP contribution in [-0.4, -0.2) is 53.8 Å². The molecule has 0 aromatic carbocycles. The summed E-state index contributed by atoms with van der Waals surface area (Å²) in [7, 11) is 0. The molecule has 0 radical (unpaired) electrons. The van der Waals surface area contributed by atoms with Gasteiger partial charge in [0.15, 0.2) is 0 Å². The molecule has 1 aliphatic rings. The predicted octanol–water partition coefficient (Wildman–Crippen LogP) is 0.585. The number of rotatable bonds is 4. The molecule has 1 heterocycles. The standard InChI is InChI=1S/C13H25N3O2/c1-3-4-6-12(14)13(18)16-8-5-7-15(9-10-16)11(2)17/h12H,3-10,14H2,1-2H3. The molecule has 0 bridgehead atoms. The minimum Gasteiger partial charge on any atom is -0.341 e. The van der Waals surface area contributed by atoms with Crippen LogP contribution in [0.4, 0.5) is 0 Å². The Kier molecular flexibility index (Phi) is 6.12. The molecule has 1 aliphatic heterocycles. The number of amides is 2. The fourth-order valence-electron chi connectivity index (χ4n) is 2.23. The molecule has 104 valence electrons.